The van der Waals surface area contributed by atoms with E-state index in [9.17, 15) is 4.39 Å². The average molecular weight is 282 g/mol. The van der Waals surface area contributed by atoms with Crippen molar-refractivity contribution in [2.45, 2.75) is 29.1 Å². The topological polar surface area (TPSA) is 24.9 Å². The smallest absolute Gasteiger partial charge is 0.154 e. The molecule has 0 spiro atoms. The van der Waals surface area contributed by atoms with E-state index in [1.54, 1.807) is 12.3 Å². The highest BCUT2D eigenvalue weighted by atomic mass is 32.2. The van der Waals surface area contributed by atoms with Crippen molar-refractivity contribution in [2.24, 2.45) is 0 Å². The summed E-state index contributed by atoms with van der Waals surface area (Å²) in [6, 6.07) is 5.35. The minimum Gasteiger partial charge on any atom is -0.310 e. The maximum Gasteiger partial charge on any atom is 0.154 e. The van der Waals surface area contributed by atoms with E-state index in [2.05, 4.69) is 10.3 Å². The predicted molar refractivity (Wildman–Crippen MR) is 74.7 cm³/mol. The zero-order chi connectivity index (χ0) is 13.0. The zero-order valence-electron chi connectivity index (χ0n) is 10.3. The second kappa shape index (κ2) is 6.31. The van der Waals surface area contributed by atoms with Crippen molar-refractivity contribution in [1.29, 1.82) is 0 Å². The third-order valence-corrected chi connectivity index (χ3v) is 4.59. The Labute approximate surface area is 115 Å². The number of rotatable bonds is 5. The minimum absolute atomic E-state index is 0.133. The molecule has 0 radical (unpaired) electrons. The first-order valence-electron chi connectivity index (χ1n) is 5.81. The van der Waals surface area contributed by atoms with Gasteiger partial charge in [-0.2, -0.15) is 0 Å². The highest BCUT2D eigenvalue weighted by molar-refractivity contribution is 8.01. The first-order chi connectivity index (χ1) is 8.72. The molecule has 2 aromatic rings. The number of thiazole rings is 1. The van der Waals surface area contributed by atoms with Crippen molar-refractivity contribution in [3.63, 3.8) is 0 Å². The standard InChI is InChI=1S/C13H15FN2S2/c1-3-15-9(2)10-5-4-6-11(14)12(10)18-13-16-7-8-17-13/h4-9,15H,3H2,1-2H3. The molecule has 2 rings (SSSR count). The van der Waals surface area contributed by atoms with Gasteiger partial charge in [-0.25, -0.2) is 9.37 Å². The van der Waals surface area contributed by atoms with E-state index in [0.717, 1.165) is 16.4 Å². The molecule has 5 heteroatoms. The van der Waals surface area contributed by atoms with Gasteiger partial charge in [0.25, 0.3) is 0 Å². The summed E-state index contributed by atoms with van der Waals surface area (Å²) in [4.78, 5) is 4.86. The fourth-order valence-electron chi connectivity index (χ4n) is 1.74. The van der Waals surface area contributed by atoms with Crippen LogP contribution in [-0.2, 0) is 0 Å². The second-order valence-electron chi connectivity index (χ2n) is 3.84. The third-order valence-electron chi connectivity index (χ3n) is 2.57. The highest BCUT2D eigenvalue weighted by Crippen LogP contribution is 2.36. The van der Waals surface area contributed by atoms with Gasteiger partial charge in [0.2, 0.25) is 0 Å². The van der Waals surface area contributed by atoms with Crippen LogP contribution in [0.15, 0.2) is 39.0 Å². The normalized spacial score (nSPS) is 12.6. The lowest BCUT2D eigenvalue weighted by molar-refractivity contribution is 0.558. The van der Waals surface area contributed by atoms with Crippen LogP contribution in [0.1, 0.15) is 25.5 Å². The van der Waals surface area contributed by atoms with E-state index < -0.39 is 0 Å². The van der Waals surface area contributed by atoms with Crippen molar-refractivity contribution >= 4 is 23.1 Å². The number of aromatic nitrogens is 1. The predicted octanol–water partition coefficient (Wildman–Crippen LogP) is 4.10. The van der Waals surface area contributed by atoms with Gasteiger partial charge < -0.3 is 5.32 Å². The molecule has 18 heavy (non-hydrogen) atoms. The highest BCUT2D eigenvalue weighted by Gasteiger charge is 2.15. The Morgan fingerprint density at radius 1 is 1.50 bits per heavy atom. The molecule has 0 aliphatic carbocycles. The Morgan fingerprint density at radius 2 is 2.33 bits per heavy atom. The first-order valence-corrected chi connectivity index (χ1v) is 7.51. The molecule has 2 nitrogen and oxygen atoms in total. The molecule has 0 saturated carbocycles. The fourth-order valence-corrected chi connectivity index (χ4v) is 3.52. The third kappa shape index (κ3) is 3.10. The summed E-state index contributed by atoms with van der Waals surface area (Å²) in [7, 11) is 0. The van der Waals surface area contributed by atoms with Crippen molar-refractivity contribution in [2.75, 3.05) is 6.54 Å². The molecule has 1 heterocycles. The Balaban J connectivity index is 2.32. The van der Waals surface area contributed by atoms with Gasteiger partial charge in [0, 0.05) is 17.6 Å². The molecule has 0 saturated heterocycles. The average Bonchev–Trinajstić information content (AvgIpc) is 2.85. The molecule has 0 aliphatic heterocycles. The summed E-state index contributed by atoms with van der Waals surface area (Å²) >= 11 is 2.92. The van der Waals surface area contributed by atoms with Crippen LogP contribution in [0.2, 0.25) is 0 Å². The van der Waals surface area contributed by atoms with E-state index in [1.165, 1.54) is 29.2 Å². The summed E-state index contributed by atoms with van der Waals surface area (Å²) in [6.45, 7) is 4.95. The van der Waals surface area contributed by atoms with E-state index in [4.69, 9.17) is 0 Å². The molecule has 0 bridgehead atoms. The van der Waals surface area contributed by atoms with Crippen LogP contribution in [0.4, 0.5) is 4.39 Å². The lowest BCUT2D eigenvalue weighted by atomic mass is 10.1. The summed E-state index contributed by atoms with van der Waals surface area (Å²) < 4.78 is 14.8. The van der Waals surface area contributed by atoms with Gasteiger partial charge in [-0.15, -0.1) is 11.3 Å². The Hall–Kier alpha value is -0.910. The second-order valence-corrected chi connectivity index (χ2v) is 5.99. The van der Waals surface area contributed by atoms with E-state index >= 15 is 0 Å². The molecule has 1 N–H and O–H groups in total. The van der Waals surface area contributed by atoms with Crippen molar-refractivity contribution in [1.82, 2.24) is 10.3 Å². The van der Waals surface area contributed by atoms with Crippen LogP contribution in [0.5, 0.6) is 0 Å². The maximum absolute atomic E-state index is 14.0. The van der Waals surface area contributed by atoms with Crippen LogP contribution in [0.25, 0.3) is 0 Å². The van der Waals surface area contributed by atoms with Crippen molar-refractivity contribution in [3.8, 4) is 0 Å². The number of nitrogens with zero attached hydrogens (tertiary/aromatic N) is 1. The minimum atomic E-state index is -0.183. The number of halogens is 1. The fraction of sp³-hybridized carbons (Fsp3) is 0.308. The maximum atomic E-state index is 14.0. The van der Waals surface area contributed by atoms with Gasteiger partial charge in [-0.3, -0.25) is 0 Å². The van der Waals surface area contributed by atoms with Crippen molar-refractivity contribution < 1.29 is 4.39 Å². The van der Waals surface area contributed by atoms with Gasteiger partial charge in [0.05, 0.1) is 4.90 Å². The van der Waals surface area contributed by atoms with Gasteiger partial charge >= 0.3 is 0 Å². The van der Waals surface area contributed by atoms with E-state index in [-0.39, 0.29) is 11.9 Å². The summed E-state index contributed by atoms with van der Waals surface area (Å²) in [5, 5.41) is 5.21. The number of nitrogens with one attached hydrogen (secondary N) is 1. The number of benzene rings is 1. The van der Waals surface area contributed by atoms with Crippen LogP contribution in [0.3, 0.4) is 0 Å². The summed E-state index contributed by atoms with van der Waals surface area (Å²) in [6.07, 6.45) is 1.74. The van der Waals surface area contributed by atoms with E-state index in [0.29, 0.717) is 4.90 Å². The molecule has 96 valence electrons. The molecule has 1 aromatic carbocycles. The number of hydrogen-bond acceptors (Lipinski definition) is 4. The summed E-state index contributed by atoms with van der Waals surface area (Å²) in [5.41, 5.74) is 0.983. The zero-order valence-corrected chi connectivity index (χ0v) is 11.9. The molecular formula is C13H15FN2S2. The summed E-state index contributed by atoms with van der Waals surface area (Å²) in [5.74, 6) is -0.183. The van der Waals surface area contributed by atoms with Crippen LogP contribution in [0, 0.1) is 5.82 Å². The van der Waals surface area contributed by atoms with Crippen LogP contribution < -0.4 is 5.32 Å². The Kier molecular flexibility index (Phi) is 4.74. The van der Waals surface area contributed by atoms with Crippen LogP contribution in [-0.4, -0.2) is 11.5 Å². The number of hydrogen-bond donors (Lipinski definition) is 1. The van der Waals surface area contributed by atoms with Gasteiger partial charge in [-0.1, -0.05) is 30.8 Å². The molecule has 1 atom stereocenters. The molecule has 1 unspecified atom stereocenters. The lowest BCUT2D eigenvalue weighted by Crippen LogP contribution is -2.18. The molecule has 1 aromatic heterocycles. The van der Waals surface area contributed by atoms with Gasteiger partial charge in [0.1, 0.15) is 5.82 Å². The quantitative estimate of drug-likeness (QED) is 0.893. The SMILES string of the molecule is CCNC(C)c1cccc(F)c1Sc1nccs1. The molecule has 0 fully saturated rings. The van der Waals surface area contributed by atoms with E-state index in [1.807, 2.05) is 25.3 Å². The molecule has 0 aliphatic rings. The first kappa shape index (κ1) is 13.5. The largest absolute Gasteiger partial charge is 0.310 e. The van der Waals surface area contributed by atoms with Gasteiger partial charge in [-0.05, 0) is 25.1 Å². The monoisotopic (exact) mass is 282 g/mol. The Bertz CT molecular complexity index is 500. The van der Waals surface area contributed by atoms with Gasteiger partial charge in [0.15, 0.2) is 4.34 Å². The molecular weight excluding hydrogens is 267 g/mol. The molecule has 0 amide bonds. The Morgan fingerprint density at radius 3 is 3.00 bits per heavy atom. The lowest BCUT2D eigenvalue weighted by Gasteiger charge is -2.16. The van der Waals surface area contributed by atoms with Crippen molar-refractivity contribution in [3.05, 3.63) is 41.2 Å². The van der Waals surface area contributed by atoms with Crippen LogP contribution >= 0.6 is 23.1 Å².